The molecule has 0 amide bonds. The van der Waals surface area contributed by atoms with Crippen LogP contribution in [-0.2, 0) is 27.7 Å². The summed E-state index contributed by atoms with van der Waals surface area (Å²) in [5.41, 5.74) is 9.87. The minimum Gasteiger partial charge on any atom is -0.501 e. The number of benzene rings is 2. The molecule has 0 spiro atoms. The van der Waals surface area contributed by atoms with Crippen LogP contribution in [0.15, 0.2) is 72.0 Å². The van der Waals surface area contributed by atoms with Crippen LogP contribution in [0.4, 0.5) is 5.69 Å². The fourth-order valence-electron chi connectivity index (χ4n) is 12.5. The summed E-state index contributed by atoms with van der Waals surface area (Å²) >= 11 is 0. The van der Waals surface area contributed by atoms with Crippen LogP contribution >= 0.6 is 0 Å². The van der Waals surface area contributed by atoms with Crippen LogP contribution in [0.5, 0.6) is 0 Å². The van der Waals surface area contributed by atoms with Crippen molar-refractivity contribution in [3.05, 3.63) is 88.8 Å². The highest BCUT2D eigenvalue weighted by atomic mass is 16.5. The van der Waals surface area contributed by atoms with Crippen LogP contribution in [0.25, 0.3) is 10.9 Å². The van der Waals surface area contributed by atoms with Crippen molar-refractivity contribution in [2.24, 2.45) is 24.8 Å². The molecule has 48 heavy (non-hydrogen) atoms. The first-order valence-electron chi connectivity index (χ1n) is 18.4. The molecule has 7 heteroatoms. The number of allylic oxidation sites excluding steroid dienone is 2. The molecule has 7 aliphatic rings. The molecule has 0 radical (unpaired) electrons. The minimum absolute atomic E-state index is 0.0826. The summed E-state index contributed by atoms with van der Waals surface area (Å²) in [4.78, 5) is 22.0. The lowest BCUT2D eigenvalue weighted by molar-refractivity contribution is -0.147. The number of rotatable bonds is 4. The number of hydrogen-bond acceptors (Lipinski definition) is 6. The summed E-state index contributed by atoms with van der Waals surface area (Å²) in [5.74, 6) is 1.51. The Hall–Kier alpha value is -3.55. The molecule has 0 saturated carbocycles. The Kier molecular flexibility index (Phi) is 6.41. The average molecular weight is 645 g/mol. The van der Waals surface area contributed by atoms with E-state index in [-0.39, 0.29) is 23.5 Å². The van der Waals surface area contributed by atoms with Crippen molar-refractivity contribution in [3.8, 4) is 0 Å². The highest BCUT2D eigenvalue weighted by Crippen LogP contribution is 2.63. The zero-order valence-electron chi connectivity index (χ0n) is 28.8. The van der Waals surface area contributed by atoms with Crippen molar-refractivity contribution in [3.63, 3.8) is 0 Å². The van der Waals surface area contributed by atoms with Crippen LogP contribution < -0.4 is 4.90 Å². The van der Waals surface area contributed by atoms with E-state index in [0.717, 1.165) is 58.2 Å². The summed E-state index contributed by atoms with van der Waals surface area (Å²) in [7, 11) is 6.21. The number of fused-ring (bicyclic) bond motifs is 12. The smallest absolute Gasteiger partial charge is 0.329 e. The van der Waals surface area contributed by atoms with E-state index >= 15 is 0 Å². The van der Waals surface area contributed by atoms with Gasteiger partial charge in [-0.1, -0.05) is 48.0 Å². The lowest BCUT2D eigenvalue weighted by atomic mass is 9.59. The van der Waals surface area contributed by atoms with Gasteiger partial charge in [0.15, 0.2) is 0 Å². The van der Waals surface area contributed by atoms with Gasteiger partial charge in [0.05, 0.1) is 31.6 Å². The van der Waals surface area contributed by atoms with Gasteiger partial charge in [-0.25, -0.2) is 4.79 Å². The molecule has 4 fully saturated rings. The second kappa shape index (κ2) is 10.5. The fourth-order valence-corrected chi connectivity index (χ4v) is 12.5. The first-order valence-corrected chi connectivity index (χ1v) is 18.4. The number of ether oxygens (including phenoxy) is 2. The number of carbonyl (C=O) groups is 1. The number of esters is 1. The third-order valence-corrected chi connectivity index (χ3v) is 14.5. The third-order valence-electron chi connectivity index (χ3n) is 14.5. The van der Waals surface area contributed by atoms with E-state index in [4.69, 9.17) is 9.47 Å². The topological polar surface area (TPSA) is 50.2 Å². The van der Waals surface area contributed by atoms with E-state index < -0.39 is 0 Å². The quantitative estimate of drug-likeness (QED) is 0.244. The van der Waals surface area contributed by atoms with Gasteiger partial charge in [0, 0.05) is 65.7 Å². The van der Waals surface area contributed by atoms with E-state index in [1.54, 1.807) is 12.7 Å². The third kappa shape index (κ3) is 3.65. The number of hydrogen-bond donors (Lipinski definition) is 0. The number of para-hydroxylation sites is 2. The van der Waals surface area contributed by atoms with Crippen LogP contribution in [-0.4, -0.2) is 77.9 Å². The average Bonchev–Trinajstić information content (AvgIpc) is 3.56. The predicted molar refractivity (Wildman–Crippen MR) is 188 cm³/mol. The predicted octanol–water partition coefficient (Wildman–Crippen LogP) is 6.34. The summed E-state index contributed by atoms with van der Waals surface area (Å²) < 4.78 is 14.6. The Balaban J connectivity index is 1.03. The molecule has 2 aromatic carbocycles. The molecule has 10 rings (SSSR count). The SMILES string of the molecule is C/C=C1\CN2CC[C@@H]3c4ccccc4N4[C@H](C(=O)OC)[C@H]1C[C@H]2[C@]34CCC1=COC[C@@H]2[C@H]1CC1c3c(c4ccccc4n3C)C[C@@H]2N1C. The maximum absolute atomic E-state index is 13.9. The molecular weight excluding hydrogens is 596 g/mol. The standard InChI is InChI=1S/C41H48N4O3/c1-5-24-21-44-17-15-32-27-11-7-9-13-34(27)45-39(40(46)47-4)29(24)20-37(44)41(32,45)16-14-25-22-48-23-31-28(25)18-36-38-30(19-35(31)42(36)2)26-10-6-8-12-33(26)43(38)3/h5-13,22,28-29,31-32,35-37,39H,14-21,23H2,1-4H3/b24-5+/t28-,29-,31+,32+,35-,36?,37-,39-,41-/m0/s1. The summed E-state index contributed by atoms with van der Waals surface area (Å²) in [6.07, 6.45) is 10.9. The maximum Gasteiger partial charge on any atom is 0.329 e. The van der Waals surface area contributed by atoms with Crippen LogP contribution in [0.2, 0.25) is 0 Å². The van der Waals surface area contributed by atoms with E-state index in [1.165, 1.54) is 39.0 Å². The van der Waals surface area contributed by atoms with Gasteiger partial charge in [-0.3, -0.25) is 9.80 Å². The van der Waals surface area contributed by atoms with Crippen molar-refractivity contribution in [1.29, 1.82) is 0 Å². The Bertz CT molecular complexity index is 1890. The second-order valence-electron chi connectivity index (χ2n) is 15.8. The molecule has 9 atom stereocenters. The van der Waals surface area contributed by atoms with Gasteiger partial charge < -0.3 is 18.9 Å². The molecule has 4 bridgehead atoms. The van der Waals surface area contributed by atoms with Crippen LogP contribution in [0.1, 0.15) is 67.8 Å². The molecule has 3 aromatic rings. The van der Waals surface area contributed by atoms with E-state index in [1.807, 2.05) is 0 Å². The van der Waals surface area contributed by atoms with Gasteiger partial charge in [-0.05, 0) is 93.8 Å². The molecular formula is C41H48N4O3. The molecule has 8 heterocycles. The number of aryl methyl sites for hydroxylation is 1. The Morgan fingerprint density at radius 1 is 1.08 bits per heavy atom. The normalized spacial score (nSPS) is 37.0. The van der Waals surface area contributed by atoms with Crippen molar-refractivity contribution < 1.29 is 14.3 Å². The molecule has 7 nitrogen and oxygen atoms in total. The minimum atomic E-state index is -0.291. The number of carbonyl (C=O) groups excluding carboxylic acids is 1. The molecule has 7 aliphatic heterocycles. The van der Waals surface area contributed by atoms with E-state index in [0.29, 0.717) is 35.9 Å². The second-order valence-corrected chi connectivity index (χ2v) is 15.8. The highest BCUT2D eigenvalue weighted by molar-refractivity contribution is 5.87. The van der Waals surface area contributed by atoms with Crippen molar-refractivity contribution in [2.45, 2.75) is 81.1 Å². The van der Waals surface area contributed by atoms with Gasteiger partial charge >= 0.3 is 5.97 Å². The monoisotopic (exact) mass is 644 g/mol. The lowest BCUT2D eigenvalue weighted by Crippen LogP contribution is -2.76. The van der Waals surface area contributed by atoms with E-state index in [9.17, 15) is 4.79 Å². The van der Waals surface area contributed by atoms with Gasteiger partial charge in [0.1, 0.15) is 6.04 Å². The van der Waals surface area contributed by atoms with E-state index in [2.05, 4.69) is 101 Å². The summed E-state index contributed by atoms with van der Waals surface area (Å²) in [5, 5.41) is 1.43. The van der Waals surface area contributed by atoms with Gasteiger partial charge in [-0.15, -0.1) is 0 Å². The van der Waals surface area contributed by atoms with Gasteiger partial charge in [-0.2, -0.15) is 0 Å². The van der Waals surface area contributed by atoms with Gasteiger partial charge in [0.2, 0.25) is 0 Å². The number of likely N-dealkylation sites (N-methyl/N-ethyl adjacent to an activating group) is 1. The number of methoxy groups -OCH3 is 1. The Morgan fingerprint density at radius 3 is 2.77 bits per heavy atom. The molecule has 0 N–H and O–H groups in total. The molecule has 1 aromatic heterocycles. The number of piperidine rings is 4. The zero-order chi connectivity index (χ0) is 32.5. The van der Waals surface area contributed by atoms with Crippen LogP contribution in [0.3, 0.4) is 0 Å². The summed E-state index contributed by atoms with van der Waals surface area (Å²) in [6.45, 7) is 5.04. The first kappa shape index (κ1) is 29.4. The number of nitrogens with zero attached hydrogens (tertiary/aromatic N) is 4. The largest absolute Gasteiger partial charge is 0.501 e. The molecule has 4 saturated heterocycles. The van der Waals surface area contributed by atoms with Gasteiger partial charge in [0.25, 0.3) is 0 Å². The molecule has 250 valence electrons. The molecule has 1 unspecified atom stereocenters. The van der Waals surface area contributed by atoms with Crippen LogP contribution in [0, 0.1) is 17.8 Å². The Morgan fingerprint density at radius 2 is 1.92 bits per heavy atom. The first-order chi connectivity index (χ1) is 23.5. The van der Waals surface area contributed by atoms with Crippen molar-refractivity contribution in [2.75, 3.05) is 38.8 Å². The highest BCUT2D eigenvalue weighted by Gasteiger charge is 2.67. The maximum atomic E-state index is 13.9. The number of anilines is 1. The lowest BCUT2D eigenvalue weighted by Gasteiger charge is -2.65. The Labute approximate surface area is 284 Å². The summed E-state index contributed by atoms with van der Waals surface area (Å²) in [6, 6.07) is 19.0. The van der Waals surface area contributed by atoms with Crippen molar-refractivity contribution >= 4 is 22.6 Å². The number of aromatic nitrogens is 1. The fraction of sp³-hybridized carbons (Fsp3) is 0.537. The van der Waals surface area contributed by atoms with Crippen molar-refractivity contribution in [1.82, 2.24) is 14.4 Å². The molecule has 0 aliphatic carbocycles. The zero-order valence-corrected chi connectivity index (χ0v) is 28.8.